The molecule has 0 radical (unpaired) electrons. The van der Waals surface area contributed by atoms with Gasteiger partial charge in [-0.25, -0.2) is 0 Å². The van der Waals surface area contributed by atoms with Gasteiger partial charge >= 0.3 is 0 Å². The highest BCUT2D eigenvalue weighted by molar-refractivity contribution is 4.92. The number of rotatable bonds is 2. The predicted octanol–water partition coefficient (Wildman–Crippen LogP) is 0.714. The van der Waals surface area contributed by atoms with Gasteiger partial charge in [-0.05, 0) is 19.9 Å². The summed E-state index contributed by atoms with van der Waals surface area (Å²) >= 11 is 0. The van der Waals surface area contributed by atoms with Crippen LogP contribution in [0.15, 0.2) is 0 Å². The summed E-state index contributed by atoms with van der Waals surface area (Å²) < 4.78 is 0. The number of hydrogen-bond acceptors (Lipinski definition) is 1. The Morgan fingerprint density at radius 1 is 1.75 bits per heavy atom. The van der Waals surface area contributed by atoms with Crippen molar-refractivity contribution < 1.29 is 0 Å². The first-order chi connectivity index (χ1) is 3.84. The molecule has 0 spiro atoms. The van der Waals surface area contributed by atoms with Gasteiger partial charge in [-0.1, -0.05) is 5.92 Å². The largest absolute Gasteiger partial charge is 0.292 e. The van der Waals surface area contributed by atoms with Crippen molar-refractivity contribution >= 4 is 0 Å². The normalized spacial score (nSPS) is 18.6. The van der Waals surface area contributed by atoms with Crippen LogP contribution in [0.2, 0.25) is 0 Å². The number of nitrogens with zero attached hydrogens (tertiary/aromatic N) is 1. The minimum Gasteiger partial charge on any atom is -0.292 e. The Kier molecular flexibility index (Phi) is 1.55. The third kappa shape index (κ3) is 1.24. The Morgan fingerprint density at radius 3 is 2.75 bits per heavy atom. The average molecular weight is 109 g/mol. The molecule has 0 aromatic rings. The maximum Gasteiger partial charge on any atom is 0.0598 e. The van der Waals surface area contributed by atoms with Crippen LogP contribution in [0.5, 0.6) is 0 Å². The van der Waals surface area contributed by atoms with Gasteiger partial charge in [0.25, 0.3) is 0 Å². The molecular weight excluding hydrogens is 98.1 g/mol. The van der Waals surface area contributed by atoms with Crippen LogP contribution in [0, 0.1) is 12.3 Å². The lowest BCUT2D eigenvalue weighted by Crippen LogP contribution is -2.20. The van der Waals surface area contributed by atoms with E-state index in [-0.39, 0.29) is 0 Å². The van der Waals surface area contributed by atoms with Crippen LogP contribution < -0.4 is 0 Å². The molecule has 0 aromatic heterocycles. The molecule has 0 aliphatic heterocycles. The lowest BCUT2D eigenvalue weighted by molar-refractivity contribution is 0.366. The fourth-order valence-corrected chi connectivity index (χ4v) is 0.788. The zero-order valence-electron chi connectivity index (χ0n) is 5.22. The van der Waals surface area contributed by atoms with Crippen molar-refractivity contribution in [3.05, 3.63) is 0 Å². The second-order valence-corrected chi connectivity index (χ2v) is 2.35. The Balaban J connectivity index is 2.15. The predicted molar refractivity (Wildman–Crippen MR) is 34.5 cm³/mol. The van der Waals surface area contributed by atoms with E-state index < -0.39 is 0 Å². The van der Waals surface area contributed by atoms with Crippen LogP contribution >= 0.6 is 0 Å². The van der Waals surface area contributed by atoms with Crippen molar-refractivity contribution in [1.29, 1.82) is 0 Å². The van der Waals surface area contributed by atoms with E-state index in [0.29, 0.717) is 0 Å². The minimum absolute atomic E-state index is 0.810. The van der Waals surface area contributed by atoms with Crippen LogP contribution in [0.1, 0.15) is 12.8 Å². The Bertz CT molecular complexity index is 108. The summed E-state index contributed by atoms with van der Waals surface area (Å²) in [4.78, 5) is 2.22. The molecular formula is C7H11N. The Labute approximate surface area is 50.7 Å². The zero-order valence-corrected chi connectivity index (χ0v) is 5.22. The van der Waals surface area contributed by atoms with Crippen LogP contribution in [0.25, 0.3) is 0 Å². The van der Waals surface area contributed by atoms with Gasteiger partial charge in [0.15, 0.2) is 0 Å². The van der Waals surface area contributed by atoms with Crippen molar-refractivity contribution in [1.82, 2.24) is 4.90 Å². The summed E-state index contributed by atoms with van der Waals surface area (Å²) in [7, 11) is 2.08. The van der Waals surface area contributed by atoms with Gasteiger partial charge in [0, 0.05) is 6.04 Å². The summed E-state index contributed by atoms with van der Waals surface area (Å²) in [6, 6.07) is 0.811. The molecule has 1 saturated carbocycles. The van der Waals surface area contributed by atoms with Crippen LogP contribution in [-0.2, 0) is 0 Å². The lowest BCUT2D eigenvalue weighted by atomic mass is 10.5. The molecule has 0 saturated heterocycles. The molecule has 0 aromatic carbocycles. The smallest absolute Gasteiger partial charge is 0.0598 e. The quantitative estimate of drug-likeness (QED) is 0.472. The first-order valence-corrected chi connectivity index (χ1v) is 2.98. The van der Waals surface area contributed by atoms with Crippen molar-refractivity contribution in [2.45, 2.75) is 18.9 Å². The van der Waals surface area contributed by atoms with E-state index in [4.69, 9.17) is 6.42 Å². The average Bonchev–Trinajstić information content (AvgIpc) is 2.45. The maximum atomic E-state index is 5.10. The van der Waals surface area contributed by atoms with Gasteiger partial charge in [0.1, 0.15) is 0 Å². The molecule has 1 aliphatic rings. The summed E-state index contributed by atoms with van der Waals surface area (Å²) in [6.45, 7) is 0.810. The second kappa shape index (κ2) is 2.19. The van der Waals surface area contributed by atoms with E-state index in [1.807, 2.05) is 0 Å². The van der Waals surface area contributed by atoms with Gasteiger partial charge in [0.2, 0.25) is 0 Å². The van der Waals surface area contributed by atoms with Crippen LogP contribution in [-0.4, -0.2) is 24.5 Å². The Morgan fingerprint density at radius 2 is 2.38 bits per heavy atom. The molecule has 1 heteroatoms. The second-order valence-electron chi connectivity index (χ2n) is 2.35. The Hall–Kier alpha value is -0.480. The van der Waals surface area contributed by atoms with Crippen molar-refractivity contribution in [3.63, 3.8) is 0 Å². The molecule has 0 amide bonds. The summed E-state index contributed by atoms with van der Waals surface area (Å²) in [5, 5.41) is 0. The van der Waals surface area contributed by atoms with E-state index in [2.05, 4.69) is 17.9 Å². The van der Waals surface area contributed by atoms with E-state index in [1.165, 1.54) is 12.8 Å². The third-order valence-electron chi connectivity index (χ3n) is 1.51. The van der Waals surface area contributed by atoms with Gasteiger partial charge in [-0.15, -0.1) is 6.42 Å². The minimum atomic E-state index is 0.810. The molecule has 1 nitrogen and oxygen atoms in total. The van der Waals surface area contributed by atoms with Crippen LogP contribution in [0.3, 0.4) is 0 Å². The van der Waals surface area contributed by atoms with Gasteiger partial charge in [0.05, 0.1) is 6.54 Å². The zero-order chi connectivity index (χ0) is 5.98. The molecule has 0 atom stereocenters. The lowest BCUT2D eigenvalue weighted by Gasteiger charge is -2.09. The highest BCUT2D eigenvalue weighted by Gasteiger charge is 2.24. The molecule has 1 fully saturated rings. The maximum absolute atomic E-state index is 5.10. The molecule has 0 heterocycles. The van der Waals surface area contributed by atoms with Gasteiger partial charge in [-0.3, -0.25) is 4.90 Å². The SMILES string of the molecule is C#CCN(C)C1CC1. The van der Waals surface area contributed by atoms with Crippen LogP contribution in [0.4, 0.5) is 0 Å². The first-order valence-electron chi connectivity index (χ1n) is 2.98. The fourth-order valence-electron chi connectivity index (χ4n) is 0.788. The monoisotopic (exact) mass is 109 g/mol. The molecule has 1 aliphatic carbocycles. The summed E-state index contributed by atoms with van der Waals surface area (Å²) in [6.07, 6.45) is 7.79. The van der Waals surface area contributed by atoms with E-state index in [9.17, 15) is 0 Å². The molecule has 0 N–H and O–H groups in total. The van der Waals surface area contributed by atoms with E-state index >= 15 is 0 Å². The number of terminal acetylenes is 1. The summed E-state index contributed by atoms with van der Waals surface area (Å²) in [5.41, 5.74) is 0. The number of hydrogen-bond donors (Lipinski definition) is 0. The highest BCUT2D eigenvalue weighted by atomic mass is 15.1. The topological polar surface area (TPSA) is 3.24 Å². The molecule has 0 unspecified atom stereocenters. The van der Waals surface area contributed by atoms with E-state index in [1.54, 1.807) is 0 Å². The first kappa shape index (κ1) is 5.65. The molecule has 44 valence electrons. The van der Waals surface area contributed by atoms with Crippen molar-refractivity contribution in [3.8, 4) is 12.3 Å². The standard InChI is InChI=1S/C7H11N/c1-3-6-8(2)7-4-5-7/h1,7H,4-6H2,2H3. The highest BCUT2D eigenvalue weighted by Crippen LogP contribution is 2.24. The van der Waals surface area contributed by atoms with Crippen molar-refractivity contribution in [2.24, 2.45) is 0 Å². The van der Waals surface area contributed by atoms with Gasteiger partial charge in [-0.2, -0.15) is 0 Å². The fraction of sp³-hybridized carbons (Fsp3) is 0.714. The van der Waals surface area contributed by atoms with Gasteiger partial charge < -0.3 is 0 Å². The van der Waals surface area contributed by atoms with E-state index in [0.717, 1.165) is 12.6 Å². The molecule has 1 rings (SSSR count). The third-order valence-corrected chi connectivity index (χ3v) is 1.51. The summed E-state index contributed by atoms with van der Waals surface area (Å²) in [5.74, 6) is 2.61. The molecule has 8 heavy (non-hydrogen) atoms. The molecule has 0 bridgehead atoms. The van der Waals surface area contributed by atoms with Crippen molar-refractivity contribution in [2.75, 3.05) is 13.6 Å².